The molecule has 0 aliphatic heterocycles. The third-order valence-electron chi connectivity index (χ3n) is 2.51. The fourth-order valence-electron chi connectivity index (χ4n) is 1.56. The summed E-state index contributed by atoms with van der Waals surface area (Å²) in [5.41, 5.74) is 0.294. The first kappa shape index (κ1) is 14.6. The molecule has 0 radical (unpaired) electrons. The van der Waals surface area contributed by atoms with Gasteiger partial charge in [0.15, 0.2) is 0 Å². The first-order chi connectivity index (χ1) is 8.99. The van der Waals surface area contributed by atoms with Gasteiger partial charge in [-0.25, -0.2) is 4.68 Å². The second-order valence-corrected chi connectivity index (χ2v) is 6.59. The highest BCUT2D eigenvalue weighted by molar-refractivity contribution is 9.10. The minimum absolute atomic E-state index is 0.00713. The van der Waals surface area contributed by atoms with Crippen molar-refractivity contribution in [2.75, 3.05) is 5.32 Å². The van der Waals surface area contributed by atoms with Crippen LogP contribution < -0.4 is 10.9 Å². The molecule has 7 heteroatoms. The Balaban J connectivity index is 2.18. The average molecular weight is 363 g/mol. The van der Waals surface area contributed by atoms with Crippen LogP contribution in [0.25, 0.3) is 0 Å². The molecule has 102 valence electrons. The van der Waals surface area contributed by atoms with Gasteiger partial charge in [-0.05, 0) is 35.8 Å². The average Bonchev–Trinajstić information content (AvgIpc) is 2.76. The Morgan fingerprint density at radius 1 is 1.58 bits per heavy atom. The van der Waals surface area contributed by atoms with Crippen molar-refractivity contribution in [2.45, 2.75) is 26.4 Å². The number of hydrogen-bond acceptors (Lipinski definition) is 4. The van der Waals surface area contributed by atoms with Gasteiger partial charge in [-0.2, -0.15) is 5.10 Å². The van der Waals surface area contributed by atoms with Crippen molar-refractivity contribution >= 4 is 44.6 Å². The minimum Gasteiger partial charge on any atom is -0.377 e. The lowest BCUT2D eigenvalue weighted by Gasteiger charge is -2.11. The number of thiophene rings is 1. The van der Waals surface area contributed by atoms with Crippen molar-refractivity contribution in [3.63, 3.8) is 0 Å². The molecule has 2 rings (SSSR count). The lowest BCUT2D eigenvalue weighted by atomic mass is 10.3. The van der Waals surface area contributed by atoms with Crippen molar-refractivity contribution < 1.29 is 0 Å². The summed E-state index contributed by atoms with van der Waals surface area (Å²) in [6.07, 6.45) is 1.59. The van der Waals surface area contributed by atoms with E-state index in [1.807, 2.05) is 25.3 Å². The van der Waals surface area contributed by atoms with E-state index in [1.54, 1.807) is 17.5 Å². The van der Waals surface area contributed by atoms with Crippen LogP contribution in [-0.2, 0) is 6.54 Å². The van der Waals surface area contributed by atoms with E-state index in [1.165, 1.54) is 4.68 Å². The third kappa shape index (κ3) is 3.38. The number of aromatic nitrogens is 2. The second kappa shape index (κ2) is 6.07. The molecule has 0 saturated heterocycles. The monoisotopic (exact) mass is 361 g/mol. The molecule has 0 fully saturated rings. The van der Waals surface area contributed by atoms with Crippen molar-refractivity contribution in [3.05, 3.63) is 42.4 Å². The summed E-state index contributed by atoms with van der Waals surface area (Å²) in [6, 6.07) is 2.02. The Morgan fingerprint density at radius 2 is 2.32 bits per heavy atom. The Hall–Kier alpha value is -0.850. The van der Waals surface area contributed by atoms with Gasteiger partial charge in [-0.15, -0.1) is 11.3 Å². The smallest absolute Gasteiger partial charge is 0.287 e. The quantitative estimate of drug-likeness (QED) is 0.897. The van der Waals surface area contributed by atoms with Gasteiger partial charge in [0.25, 0.3) is 5.56 Å². The van der Waals surface area contributed by atoms with Crippen LogP contribution in [0.5, 0.6) is 0 Å². The summed E-state index contributed by atoms with van der Waals surface area (Å²) in [7, 11) is 0. The van der Waals surface area contributed by atoms with Crippen LogP contribution >= 0.6 is 38.9 Å². The number of anilines is 1. The van der Waals surface area contributed by atoms with E-state index in [0.29, 0.717) is 12.2 Å². The van der Waals surface area contributed by atoms with E-state index < -0.39 is 0 Å². The molecule has 2 heterocycles. The number of halogens is 2. The molecule has 19 heavy (non-hydrogen) atoms. The Labute approximate surface area is 128 Å². The van der Waals surface area contributed by atoms with Crippen LogP contribution in [-0.4, -0.2) is 9.78 Å². The van der Waals surface area contributed by atoms with Crippen LogP contribution in [0.3, 0.4) is 0 Å². The number of nitrogens with one attached hydrogen (secondary N) is 1. The van der Waals surface area contributed by atoms with E-state index in [9.17, 15) is 4.79 Å². The maximum Gasteiger partial charge on any atom is 0.287 e. The molecule has 0 atom stereocenters. The highest BCUT2D eigenvalue weighted by atomic mass is 79.9. The van der Waals surface area contributed by atoms with Gasteiger partial charge in [-0.1, -0.05) is 11.6 Å². The fourth-order valence-corrected chi connectivity index (χ4v) is 3.16. The Kier molecular flexibility index (Phi) is 4.65. The van der Waals surface area contributed by atoms with Crippen LogP contribution in [0.15, 0.2) is 26.9 Å². The van der Waals surface area contributed by atoms with Gasteiger partial charge < -0.3 is 5.32 Å². The van der Waals surface area contributed by atoms with Crippen LogP contribution in [0.1, 0.15) is 24.8 Å². The van der Waals surface area contributed by atoms with Crippen molar-refractivity contribution in [1.29, 1.82) is 0 Å². The first-order valence-corrected chi connectivity index (χ1v) is 7.78. The molecule has 0 amide bonds. The lowest BCUT2D eigenvalue weighted by Crippen LogP contribution is -2.25. The van der Waals surface area contributed by atoms with E-state index in [4.69, 9.17) is 11.6 Å². The largest absolute Gasteiger partial charge is 0.377 e. The summed E-state index contributed by atoms with van der Waals surface area (Å²) in [6.45, 7) is 4.39. The molecule has 0 bridgehead atoms. The predicted molar refractivity (Wildman–Crippen MR) is 83.2 cm³/mol. The van der Waals surface area contributed by atoms with E-state index >= 15 is 0 Å². The molecule has 0 aliphatic carbocycles. The number of rotatable bonds is 4. The summed E-state index contributed by atoms with van der Waals surface area (Å²) >= 11 is 11.1. The molecule has 0 saturated carbocycles. The Bertz CT molecular complexity index is 638. The topological polar surface area (TPSA) is 46.9 Å². The molecular weight excluding hydrogens is 350 g/mol. The zero-order valence-electron chi connectivity index (χ0n) is 10.5. The standard InChI is InChI=1S/C12H13BrClN3OS/c1-7(2)17-12(18)11(14)10(5-16-17)15-4-9-3-8(13)6-19-9/h3,5-7,15H,4H2,1-2H3. The highest BCUT2D eigenvalue weighted by Gasteiger charge is 2.11. The molecule has 0 spiro atoms. The van der Waals surface area contributed by atoms with E-state index in [-0.39, 0.29) is 16.6 Å². The molecular formula is C12H13BrClN3OS. The molecule has 0 unspecified atom stereocenters. The van der Waals surface area contributed by atoms with Gasteiger partial charge >= 0.3 is 0 Å². The minimum atomic E-state index is -0.269. The third-order valence-corrected chi connectivity index (χ3v) is 4.57. The van der Waals surface area contributed by atoms with Gasteiger partial charge in [-0.3, -0.25) is 4.79 Å². The van der Waals surface area contributed by atoms with E-state index in [0.717, 1.165) is 9.35 Å². The summed E-state index contributed by atoms with van der Waals surface area (Å²) in [5, 5.41) is 9.43. The fraction of sp³-hybridized carbons (Fsp3) is 0.333. The molecule has 0 aliphatic rings. The number of hydrogen-bond donors (Lipinski definition) is 1. The van der Waals surface area contributed by atoms with Gasteiger partial charge in [0.2, 0.25) is 0 Å². The molecule has 0 aromatic carbocycles. The van der Waals surface area contributed by atoms with Crippen LogP contribution in [0.2, 0.25) is 5.02 Å². The summed E-state index contributed by atoms with van der Waals surface area (Å²) in [5.74, 6) is 0. The predicted octanol–water partition coefficient (Wildman–Crippen LogP) is 3.91. The van der Waals surface area contributed by atoms with Gasteiger partial charge in [0.1, 0.15) is 5.02 Å². The van der Waals surface area contributed by atoms with E-state index in [2.05, 4.69) is 26.3 Å². The summed E-state index contributed by atoms with van der Waals surface area (Å²) < 4.78 is 2.42. The maximum atomic E-state index is 12.0. The van der Waals surface area contributed by atoms with Crippen molar-refractivity contribution in [2.24, 2.45) is 0 Å². The van der Waals surface area contributed by atoms with Gasteiger partial charge in [0, 0.05) is 21.3 Å². The first-order valence-electron chi connectivity index (χ1n) is 5.73. The number of nitrogens with zero attached hydrogens (tertiary/aromatic N) is 2. The van der Waals surface area contributed by atoms with Crippen molar-refractivity contribution in [1.82, 2.24) is 9.78 Å². The van der Waals surface area contributed by atoms with Crippen LogP contribution in [0.4, 0.5) is 5.69 Å². The zero-order valence-corrected chi connectivity index (χ0v) is 13.6. The maximum absolute atomic E-state index is 12.0. The molecule has 1 N–H and O–H groups in total. The molecule has 4 nitrogen and oxygen atoms in total. The van der Waals surface area contributed by atoms with Gasteiger partial charge in [0.05, 0.1) is 17.9 Å². The zero-order chi connectivity index (χ0) is 14.0. The lowest BCUT2D eigenvalue weighted by molar-refractivity contribution is 0.503. The second-order valence-electron chi connectivity index (χ2n) is 4.30. The Morgan fingerprint density at radius 3 is 2.89 bits per heavy atom. The highest BCUT2D eigenvalue weighted by Crippen LogP contribution is 2.22. The molecule has 2 aromatic heterocycles. The van der Waals surface area contributed by atoms with Crippen molar-refractivity contribution in [3.8, 4) is 0 Å². The molecule has 2 aromatic rings. The van der Waals surface area contributed by atoms with Crippen LogP contribution in [0, 0.1) is 0 Å². The normalized spacial score (nSPS) is 11.0. The SMILES string of the molecule is CC(C)n1ncc(NCc2cc(Br)cs2)c(Cl)c1=O. The summed E-state index contributed by atoms with van der Waals surface area (Å²) in [4.78, 5) is 13.1.